The van der Waals surface area contributed by atoms with Gasteiger partial charge in [-0.15, -0.1) is 5.10 Å². The Kier molecular flexibility index (Phi) is 4.39. The van der Waals surface area contributed by atoms with Crippen molar-refractivity contribution in [2.45, 2.75) is 32.7 Å². The van der Waals surface area contributed by atoms with Gasteiger partial charge in [0.25, 0.3) is 0 Å². The van der Waals surface area contributed by atoms with Gasteiger partial charge in [0.1, 0.15) is 0 Å². The zero-order valence-corrected chi connectivity index (χ0v) is 12.1. The van der Waals surface area contributed by atoms with Crippen LogP contribution < -0.4 is 0 Å². The lowest BCUT2D eigenvalue weighted by atomic mass is 10.2. The zero-order chi connectivity index (χ0) is 14.7. The summed E-state index contributed by atoms with van der Waals surface area (Å²) in [6.45, 7) is 2.46. The van der Waals surface area contributed by atoms with E-state index in [1.807, 2.05) is 14.0 Å². The van der Waals surface area contributed by atoms with Crippen LogP contribution in [0.3, 0.4) is 0 Å². The average Bonchev–Trinajstić information content (AvgIpc) is 2.96. The number of aryl methyl sites for hydroxylation is 3. The largest absolute Gasteiger partial charge is 0.481 e. The van der Waals surface area contributed by atoms with Crippen LogP contribution in [0, 0.1) is 0 Å². The number of hydrogen-bond acceptors (Lipinski definition) is 4. The third kappa shape index (κ3) is 3.16. The molecule has 0 unspecified atom stereocenters. The number of hydrogen-bond donors (Lipinski definition) is 1. The first-order chi connectivity index (χ1) is 9.51. The fourth-order valence-electron chi connectivity index (χ4n) is 1.91. The highest BCUT2D eigenvalue weighted by atomic mass is 35.5. The van der Waals surface area contributed by atoms with E-state index < -0.39 is 5.97 Å². The van der Waals surface area contributed by atoms with Gasteiger partial charge in [0.15, 0.2) is 0 Å². The molecule has 7 nitrogen and oxygen atoms in total. The van der Waals surface area contributed by atoms with Gasteiger partial charge in [-0.2, -0.15) is 5.10 Å². The van der Waals surface area contributed by atoms with E-state index in [1.165, 1.54) is 0 Å². The standard InChI is InChI=1S/C12H16ClN5O2/c1-3-9-12(13)10(17(2)15-9)7-18-6-8(14-16-18)4-5-11(19)20/h6H,3-5,7H2,1-2H3,(H,19,20). The molecule has 0 spiro atoms. The maximum Gasteiger partial charge on any atom is 0.303 e. The zero-order valence-electron chi connectivity index (χ0n) is 11.4. The second-order valence-electron chi connectivity index (χ2n) is 4.49. The Bertz CT molecular complexity index is 619. The topological polar surface area (TPSA) is 85.8 Å². The van der Waals surface area contributed by atoms with Crippen molar-refractivity contribution >= 4 is 17.6 Å². The highest BCUT2D eigenvalue weighted by molar-refractivity contribution is 6.31. The van der Waals surface area contributed by atoms with Crippen molar-refractivity contribution in [2.75, 3.05) is 0 Å². The number of nitrogens with zero attached hydrogens (tertiary/aromatic N) is 5. The summed E-state index contributed by atoms with van der Waals surface area (Å²) in [7, 11) is 1.84. The second kappa shape index (κ2) is 6.04. The minimum absolute atomic E-state index is 0.0468. The van der Waals surface area contributed by atoms with Crippen molar-refractivity contribution in [3.05, 3.63) is 28.3 Å². The van der Waals surface area contributed by atoms with E-state index >= 15 is 0 Å². The van der Waals surface area contributed by atoms with E-state index in [2.05, 4.69) is 15.4 Å². The second-order valence-corrected chi connectivity index (χ2v) is 4.86. The summed E-state index contributed by atoms with van der Waals surface area (Å²) in [5.74, 6) is -0.846. The molecule has 0 saturated carbocycles. The van der Waals surface area contributed by atoms with Crippen LogP contribution in [0.2, 0.25) is 5.02 Å². The summed E-state index contributed by atoms with van der Waals surface area (Å²) in [6.07, 6.45) is 2.92. The third-order valence-corrected chi connectivity index (χ3v) is 3.43. The Labute approximate surface area is 121 Å². The summed E-state index contributed by atoms with van der Waals surface area (Å²) in [4.78, 5) is 10.5. The summed E-state index contributed by atoms with van der Waals surface area (Å²) < 4.78 is 3.37. The first-order valence-electron chi connectivity index (χ1n) is 6.32. The van der Waals surface area contributed by atoms with Crippen molar-refractivity contribution in [3.8, 4) is 0 Å². The first-order valence-corrected chi connectivity index (χ1v) is 6.70. The van der Waals surface area contributed by atoms with Crippen LogP contribution >= 0.6 is 11.6 Å². The van der Waals surface area contributed by atoms with Crippen LogP contribution in [-0.2, 0) is 31.2 Å². The molecule has 2 rings (SSSR count). The van der Waals surface area contributed by atoms with Gasteiger partial charge in [0.05, 0.1) is 35.1 Å². The molecule has 2 aromatic rings. The van der Waals surface area contributed by atoms with Gasteiger partial charge in [-0.25, -0.2) is 4.68 Å². The highest BCUT2D eigenvalue weighted by Gasteiger charge is 2.14. The lowest BCUT2D eigenvalue weighted by Gasteiger charge is -2.01. The van der Waals surface area contributed by atoms with Crippen molar-refractivity contribution in [2.24, 2.45) is 7.05 Å². The molecule has 0 radical (unpaired) electrons. The van der Waals surface area contributed by atoms with E-state index in [4.69, 9.17) is 16.7 Å². The lowest BCUT2D eigenvalue weighted by Crippen LogP contribution is -2.06. The molecular weight excluding hydrogens is 282 g/mol. The highest BCUT2D eigenvalue weighted by Crippen LogP contribution is 2.21. The fraction of sp³-hybridized carbons (Fsp3) is 0.500. The van der Waals surface area contributed by atoms with Crippen LogP contribution in [0.1, 0.15) is 30.4 Å². The molecule has 0 aliphatic rings. The number of carboxylic acid groups (broad SMARTS) is 1. The molecule has 0 saturated heterocycles. The Morgan fingerprint density at radius 1 is 1.50 bits per heavy atom. The molecule has 0 amide bonds. The van der Waals surface area contributed by atoms with E-state index in [0.717, 1.165) is 17.8 Å². The summed E-state index contributed by atoms with van der Waals surface area (Å²) in [6, 6.07) is 0. The van der Waals surface area contributed by atoms with Crippen LogP contribution in [-0.4, -0.2) is 35.9 Å². The molecule has 2 heterocycles. The van der Waals surface area contributed by atoms with Crippen LogP contribution in [0.15, 0.2) is 6.20 Å². The molecule has 8 heteroatoms. The normalized spacial score (nSPS) is 10.9. The number of aromatic nitrogens is 5. The van der Waals surface area contributed by atoms with Gasteiger partial charge in [0.2, 0.25) is 0 Å². The maximum atomic E-state index is 10.5. The molecule has 108 valence electrons. The molecule has 20 heavy (non-hydrogen) atoms. The third-order valence-electron chi connectivity index (χ3n) is 3.00. The number of carboxylic acids is 1. The number of carbonyl (C=O) groups is 1. The van der Waals surface area contributed by atoms with Crippen molar-refractivity contribution in [3.63, 3.8) is 0 Å². The molecular formula is C12H16ClN5O2. The van der Waals surface area contributed by atoms with Gasteiger partial charge in [-0.3, -0.25) is 9.48 Å². The minimum atomic E-state index is -0.846. The van der Waals surface area contributed by atoms with Crippen molar-refractivity contribution in [1.29, 1.82) is 0 Å². The maximum absolute atomic E-state index is 10.5. The van der Waals surface area contributed by atoms with E-state index in [0.29, 0.717) is 23.7 Å². The quantitative estimate of drug-likeness (QED) is 0.868. The molecule has 0 bridgehead atoms. The summed E-state index contributed by atoms with van der Waals surface area (Å²) in [5, 5.41) is 21.6. The smallest absolute Gasteiger partial charge is 0.303 e. The number of rotatable bonds is 6. The van der Waals surface area contributed by atoms with Crippen molar-refractivity contribution < 1.29 is 9.90 Å². The Morgan fingerprint density at radius 2 is 2.25 bits per heavy atom. The van der Waals surface area contributed by atoms with E-state index in [9.17, 15) is 4.79 Å². The van der Waals surface area contributed by atoms with Gasteiger partial charge >= 0.3 is 5.97 Å². The molecule has 1 N–H and O–H groups in total. The summed E-state index contributed by atoms with van der Waals surface area (Å²) in [5.41, 5.74) is 2.37. The van der Waals surface area contributed by atoms with Crippen molar-refractivity contribution in [1.82, 2.24) is 24.8 Å². The Balaban J connectivity index is 2.10. The molecule has 2 aromatic heterocycles. The molecule has 0 aliphatic carbocycles. The minimum Gasteiger partial charge on any atom is -0.481 e. The summed E-state index contributed by atoms with van der Waals surface area (Å²) >= 11 is 6.27. The molecule has 0 aliphatic heterocycles. The Morgan fingerprint density at radius 3 is 2.85 bits per heavy atom. The monoisotopic (exact) mass is 297 g/mol. The fourth-order valence-corrected chi connectivity index (χ4v) is 2.26. The van der Waals surface area contributed by atoms with Gasteiger partial charge in [-0.1, -0.05) is 23.7 Å². The lowest BCUT2D eigenvalue weighted by molar-refractivity contribution is -0.136. The van der Waals surface area contributed by atoms with E-state index in [-0.39, 0.29) is 6.42 Å². The molecule has 0 fully saturated rings. The van der Waals surface area contributed by atoms with E-state index in [1.54, 1.807) is 15.6 Å². The predicted molar refractivity (Wildman–Crippen MR) is 72.7 cm³/mol. The average molecular weight is 298 g/mol. The Hall–Kier alpha value is -1.89. The molecule has 0 atom stereocenters. The van der Waals surface area contributed by atoms with Gasteiger partial charge in [-0.05, 0) is 6.42 Å². The number of halogens is 1. The predicted octanol–water partition coefficient (Wildman–Crippen LogP) is 1.29. The SMILES string of the molecule is CCc1nn(C)c(Cn2cc(CCC(=O)O)nn2)c1Cl. The van der Waals surface area contributed by atoms with Gasteiger partial charge < -0.3 is 5.11 Å². The number of aliphatic carboxylic acids is 1. The first kappa shape index (κ1) is 14.5. The van der Waals surface area contributed by atoms with Crippen LogP contribution in [0.5, 0.6) is 0 Å². The molecule has 0 aromatic carbocycles. The van der Waals surface area contributed by atoms with Crippen LogP contribution in [0.25, 0.3) is 0 Å². The van der Waals surface area contributed by atoms with Gasteiger partial charge in [0, 0.05) is 19.7 Å². The van der Waals surface area contributed by atoms with Crippen LogP contribution in [0.4, 0.5) is 0 Å².